The molecular formula is C9H6FNO2. The highest BCUT2D eigenvalue weighted by Gasteiger charge is 2.21. The van der Waals surface area contributed by atoms with Crippen molar-refractivity contribution in [1.82, 2.24) is 0 Å². The number of carboxylic acid groups (broad SMARTS) is 1. The van der Waals surface area contributed by atoms with Crippen molar-refractivity contribution in [3.8, 4) is 0 Å². The Hall–Kier alpha value is -1.71. The van der Waals surface area contributed by atoms with Crippen LogP contribution in [-0.2, 0) is 4.79 Å². The van der Waals surface area contributed by atoms with Gasteiger partial charge < -0.3 is 5.11 Å². The molecule has 4 heteroatoms. The van der Waals surface area contributed by atoms with Crippen molar-refractivity contribution in [3.05, 3.63) is 35.3 Å². The van der Waals surface area contributed by atoms with E-state index in [1.54, 1.807) is 0 Å². The van der Waals surface area contributed by atoms with Crippen LogP contribution >= 0.6 is 0 Å². The molecule has 0 bridgehead atoms. The van der Waals surface area contributed by atoms with Gasteiger partial charge in [0.1, 0.15) is 11.5 Å². The van der Waals surface area contributed by atoms with Crippen LogP contribution in [0.15, 0.2) is 40.3 Å². The Labute approximate surface area is 73.6 Å². The molecule has 0 saturated carbocycles. The van der Waals surface area contributed by atoms with Crippen LogP contribution in [0.4, 0.5) is 4.39 Å². The molecule has 0 fully saturated rings. The topological polar surface area (TPSA) is 49.7 Å². The zero-order chi connectivity index (χ0) is 9.42. The number of aliphatic imine (C=N–C) groups is 1. The third-order valence-electron chi connectivity index (χ3n) is 1.88. The zero-order valence-electron chi connectivity index (χ0n) is 6.62. The number of fused-ring (bicyclic) bond motifs is 1. The highest BCUT2D eigenvalue weighted by atomic mass is 19.1. The van der Waals surface area contributed by atoms with Gasteiger partial charge in [-0.25, -0.2) is 14.2 Å². The van der Waals surface area contributed by atoms with E-state index in [1.165, 1.54) is 18.2 Å². The maximum atomic E-state index is 12.7. The number of nitrogens with zero attached hydrogens (tertiary/aromatic N) is 1. The molecule has 0 aromatic carbocycles. The van der Waals surface area contributed by atoms with Crippen LogP contribution in [0.5, 0.6) is 0 Å². The summed E-state index contributed by atoms with van der Waals surface area (Å²) in [6.45, 7) is 0. The Morgan fingerprint density at radius 3 is 3.00 bits per heavy atom. The van der Waals surface area contributed by atoms with Crippen molar-refractivity contribution >= 4 is 11.7 Å². The van der Waals surface area contributed by atoms with Crippen LogP contribution < -0.4 is 0 Å². The van der Waals surface area contributed by atoms with Gasteiger partial charge in [0, 0.05) is 6.42 Å². The largest absolute Gasteiger partial charge is 0.477 e. The SMILES string of the molecule is O=C(O)C1=CC2=CC=C(F)CC2=N1. The standard InChI is InChI=1S/C9H6FNO2/c10-6-2-1-5-3-8(9(12)13)11-7(5)4-6/h1-3H,4H2,(H,12,13). The fourth-order valence-corrected chi connectivity index (χ4v) is 1.27. The van der Waals surface area contributed by atoms with E-state index in [-0.39, 0.29) is 17.9 Å². The van der Waals surface area contributed by atoms with Gasteiger partial charge in [-0.2, -0.15) is 0 Å². The van der Waals surface area contributed by atoms with Crippen molar-refractivity contribution < 1.29 is 14.3 Å². The second-order valence-electron chi connectivity index (χ2n) is 2.81. The molecule has 0 unspecified atom stereocenters. The molecule has 66 valence electrons. The molecule has 0 radical (unpaired) electrons. The molecule has 1 N–H and O–H groups in total. The summed E-state index contributed by atoms with van der Waals surface area (Å²) in [6.07, 6.45) is 4.41. The Balaban J connectivity index is 2.36. The van der Waals surface area contributed by atoms with Crippen LogP contribution in [0.25, 0.3) is 0 Å². The minimum absolute atomic E-state index is 0.0237. The fourth-order valence-electron chi connectivity index (χ4n) is 1.27. The monoisotopic (exact) mass is 179 g/mol. The second-order valence-corrected chi connectivity index (χ2v) is 2.81. The Bertz CT molecular complexity index is 402. The Morgan fingerprint density at radius 2 is 2.31 bits per heavy atom. The first-order valence-corrected chi connectivity index (χ1v) is 3.76. The highest BCUT2D eigenvalue weighted by molar-refractivity contribution is 6.11. The lowest BCUT2D eigenvalue weighted by Gasteiger charge is -2.04. The van der Waals surface area contributed by atoms with Crippen molar-refractivity contribution in [2.24, 2.45) is 4.99 Å². The van der Waals surface area contributed by atoms with Gasteiger partial charge in [-0.15, -0.1) is 0 Å². The molecule has 1 aliphatic heterocycles. The first-order chi connectivity index (χ1) is 6.16. The molecule has 3 nitrogen and oxygen atoms in total. The number of aliphatic carboxylic acids is 1. The molecular weight excluding hydrogens is 173 g/mol. The molecule has 2 rings (SSSR count). The lowest BCUT2D eigenvalue weighted by atomic mass is 10.0. The van der Waals surface area contributed by atoms with Crippen LogP contribution in [0, 0.1) is 0 Å². The maximum Gasteiger partial charge on any atom is 0.354 e. The number of halogens is 1. The Kier molecular flexibility index (Phi) is 1.62. The first-order valence-electron chi connectivity index (χ1n) is 3.76. The summed E-state index contributed by atoms with van der Waals surface area (Å²) >= 11 is 0. The summed E-state index contributed by atoms with van der Waals surface area (Å²) in [4.78, 5) is 14.3. The van der Waals surface area contributed by atoms with Crippen molar-refractivity contribution in [3.63, 3.8) is 0 Å². The summed E-state index contributed by atoms with van der Waals surface area (Å²) in [5.41, 5.74) is 1.17. The lowest BCUT2D eigenvalue weighted by molar-refractivity contribution is -0.132. The van der Waals surface area contributed by atoms with Crippen molar-refractivity contribution in [2.75, 3.05) is 0 Å². The predicted octanol–water partition coefficient (Wildman–Crippen LogP) is 1.59. The number of hydrogen-bond donors (Lipinski definition) is 1. The summed E-state index contributed by atoms with van der Waals surface area (Å²) in [6, 6.07) is 0. The van der Waals surface area contributed by atoms with Crippen molar-refractivity contribution in [1.29, 1.82) is 0 Å². The van der Waals surface area contributed by atoms with E-state index in [4.69, 9.17) is 5.11 Å². The van der Waals surface area contributed by atoms with E-state index >= 15 is 0 Å². The average molecular weight is 179 g/mol. The van der Waals surface area contributed by atoms with Gasteiger partial charge in [-0.1, -0.05) is 6.08 Å². The highest BCUT2D eigenvalue weighted by Crippen LogP contribution is 2.25. The van der Waals surface area contributed by atoms with E-state index in [1.807, 2.05) is 0 Å². The summed E-state index contributed by atoms with van der Waals surface area (Å²) in [7, 11) is 0. The van der Waals surface area contributed by atoms with Crippen LogP contribution in [0.1, 0.15) is 6.42 Å². The minimum Gasteiger partial charge on any atom is -0.477 e. The lowest BCUT2D eigenvalue weighted by Crippen LogP contribution is -2.01. The van der Waals surface area contributed by atoms with E-state index in [2.05, 4.69) is 4.99 Å². The minimum atomic E-state index is -1.08. The van der Waals surface area contributed by atoms with Crippen molar-refractivity contribution in [2.45, 2.75) is 6.42 Å². The van der Waals surface area contributed by atoms with Crippen LogP contribution in [0.2, 0.25) is 0 Å². The quantitative estimate of drug-likeness (QED) is 0.664. The van der Waals surface area contributed by atoms with E-state index < -0.39 is 5.97 Å². The number of hydrogen-bond acceptors (Lipinski definition) is 2. The second kappa shape index (κ2) is 2.65. The summed E-state index contributed by atoms with van der Waals surface area (Å²) in [5, 5.41) is 8.61. The van der Waals surface area contributed by atoms with Gasteiger partial charge in [-0.05, 0) is 17.7 Å². The molecule has 13 heavy (non-hydrogen) atoms. The van der Waals surface area contributed by atoms with Gasteiger partial charge in [0.2, 0.25) is 0 Å². The van der Waals surface area contributed by atoms with Crippen LogP contribution in [-0.4, -0.2) is 16.8 Å². The summed E-state index contributed by atoms with van der Waals surface area (Å²) in [5.74, 6) is -1.37. The maximum absolute atomic E-state index is 12.7. The van der Waals surface area contributed by atoms with Gasteiger partial charge in [0.15, 0.2) is 0 Å². The first kappa shape index (κ1) is 7.91. The molecule has 0 saturated heterocycles. The molecule has 0 aromatic rings. The van der Waals surface area contributed by atoms with Gasteiger partial charge in [-0.3, -0.25) is 0 Å². The molecule has 1 aliphatic carbocycles. The van der Waals surface area contributed by atoms with Gasteiger partial charge >= 0.3 is 5.97 Å². The molecule has 0 aromatic heterocycles. The molecule has 0 spiro atoms. The third-order valence-corrected chi connectivity index (χ3v) is 1.88. The molecule has 1 heterocycles. The van der Waals surface area contributed by atoms with E-state index in [0.29, 0.717) is 11.3 Å². The third kappa shape index (κ3) is 1.30. The molecule has 0 amide bonds. The van der Waals surface area contributed by atoms with Gasteiger partial charge in [0.05, 0.1) is 5.71 Å². The normalized spacial score (nSPS) is 19.8. The Morgan fingerprint density at radius 1 is 1.54 bits per heavy atom. The smallest absolute Gasteiger partial charge is 0.354 e. The van der Waals surface area contributed by atoms with Gasteiger partial charge in [0.25, 0.3) is 0 Å². The molecule has 2 aliphatic rings. The molecule has 0 atom stereocenters. The number of rotatable bonds is 1. The fraction of sp³-hybridized carbons (Fsp3) is 0.111. The predicted molar refractivity (Wildman–Crippen MR) is 45.0 cm³/mol. The van der Waals surface area contributed by atoms with Crippen LogP contribution in [0.3, 0.4) is 0 Å². The van der Waals surface area contributed by atoms with E-state index in [0.717, 1.165) is 0 Å². The zero-order valence-corrected chi connectivity index (χ0v) is 6.62. The number of allylic oxidation sites excluding steroid dienone is 5. The summed E-state index contributed by atoms with van der Waals surface area (Å²) < 4.78 is 12.7. The number of carboxylic acids is 1. The average Bonchev–Trinajstić information content (AvgIpc) is 2.46. The van der Waals surface area contributed by atoms with E-state index in [9.17, 15) is 9.18 Å². The number of carbonyl (C=O) groups is 1.